The minimum atomic E-state index is -0.230. The Hall–Kier alpha value is -1.35. The standard InChI is InChI=1S/C17H26N2O/c1-4-13-8-7-9-14(5-2)15(13)19-16(20)17(6-3)10-11-18-12-17/h7-9,18H,4-6,10-12H2,1-3H3,(H,19,20). The molecular weight excluding hydrogens is 248 g/mol. The van der Waals surface area contributed by atoms with Crippen LogP contribution in [0.1, 0.15) is 44.7 Å². The molecule has 1 aliphatic heterocycles. The zero-order chi connectivity index (χ0) is 14.6. The van der Waals surface area contributed by atoms with Gasteiger partial charge in [-0.05, 0) is 43.4 Å². The molecule has 20 heavy (non-hydrogen) atoms. The third kappa shape index (κ3) is 2.73. The van der Waals surface area contributed by atoms with Crippen LogP contribution in [0.2, 0.25) is 0 Å². The third-order valence-electron chi connectivity index (χ3n) is 4.64. The summed E-state index contributed by atoms with van der Waals surface area (Å²) in [7, 11) is 0. The van der Waals surface area contributed by atoms with Gasteiger partial charge in [0.2, 0.25) is 5.91 Å². The Bertz CT molecular complexity index is 454. The van der Waals surface area contributed by atoms with E-state index < -0.39 is 0 Å². The number of benzene rings is 1. The minimum absolute atomic E-state index is 0.181. The number of hydrogen-bond donors (Lipinski definition) is 2. The second kappa shape index (κ2) is 6.40. The SMILES string of the molecule is CCc1cccc(CC)c1NC(=O)C1(CC)CCNC1. The number of carbonyl (C=O) groups is 1. The summed E-state index contributed by atoms with van der Waals surface area (Å²) in [6.45, 7) is 8.12. The lowest BCUT2D eigenvalue weighted by Gasteiger charge is -2.26. The third-order valence-corrected chi connectivity index (χ3v) is 4.64. The Kier molecular flexibility index (Phi) is 4.81. The van der Waals surface area contributed by atoms with Crippen LogP contribution in [0.3, 0.4) is 0 Å². The van der Waals surface area contributed by atoms with Crippen molar-refractivity contribution in [3.8, 4) is 0 Å². The van der Waals surface area contributed by atoms with Crippen LogP contribution < -0.4 is 10.6 Å². The molecule has 3 heteroatoms. The summed E-state index contributed by atoms with van der Waals surface area (Å²) in [6.07, 6.45) is 3.72. The molecule has 0 aliphatic carbocycles. The lowest BCUT2D eigenvalue weighted by atomic mass is 9.83. The van der Waals surface area contributed by atoms with Crippen molar-refractivity contribution in [2.45, 2.75) is 46.5 Å². The highest BCUT2D eigenvalue weighted by Gasteiger charge is 2.39. The highest BCUT2D eigenvalue weighted by atomic mass is 16.2. The van der Waals surface area contributed by atoms with Crippen LogP contribution in [-0.4, -0.2) is 19.0 Å². The first-order chi connectivity index (χ1) is 9.66. The Morgan fingerprint density at radius 3 is 2.35 bits per heavy atom. The number of rotatable bonds is 5. The Labute approximate surface area is 122 Å². The van der Waals surface area contributed by atoms with Crippen molar-refractivity contribution in [2.75, 3.05) is 18.4 Å². The number of hydrogen-bond acceptors (Lipinski definition) is 2. The quantitative estimate of drug-likeness (QED) is 0.866. The monoisotopic (exact) mass is 274 g/mol. The first-order valence-corrected chi connectivity index (χ1v) is 7.79. The molecular formula is C17H26N2O. The maximum absolute atomic E-state index is 12.8. The van der Waals surface area contributed by atoms with Gasteiger partial charge in [-0.1, -0.05) is 39.0 Å². The summed E-state index contributed by atoms with van der Waals surface area (Å²) in [6, 6.07) is 6.31. The van der Waals surface area contributed by atoms with Gasteiger partial charge in [-0.2, -0.15) is 0 Å². The minimum Gasteiger partial charge on any atom is -0.325 e. The summed E-state index contributed by atoms with van der Waals surface area (Å²) in [5.74, 6) is 0.181. The first kappa shape index (κ1) is 15.0. The van der Waals surface area contributed by atoms with Crippen LogP contribution in [-0.2, 0) is 17.6 Å². The topological polar surface area (TPSA) is 41.1 Å². The van der Waals surface area contributed by atoms with Crippen LogP contribution >= 0.6 is 0 Å². The second-order valence-corrected chi connectivity index (χ2v) is 5.67. The van der Waals surface area contributed by atoms with E-state index in [0.717, 1.165) is 44.5 Å². The molecule has 1 aliphatic rings. The average Bonchev–Trinajstić information content (AvgIpc) is 2.97. The summed E-state index contributed by atoms with van der Waals surface area (Å²) in [5, 5.41) is 6.56. The normalized spacial score (nSPS) is 21.9. The van der Waals surface area contributed by atoms with Gasteiger partial charge in [0.05, 0.1) is 5.41 Å². The molecule has 1 saturated heterocycles. The van der Waals surface area contributed by atoms with Crippen LogP contribution in [0.25, 0.3) is 0 Å². The molecule has 1 aromatic rings. The van der Waals surface area contributed by atoms with Crippen molar-refractivity contribution in [3.05, 3.63) is 29.3 Å². The summed E-state index contributed by atoms with van der Waals surface area (Å²) < 4.78 is 0. The van der Waals surface area contributed by atoms with Gasteiger partial charge >= 0.3 is 0 Å². The van der Waals surface area contributed by atoms with Crippen molar-refractivity contribution in [3.63, 3.8) is 0 Å². The van der Waals surface area contributed by atoms with E-state index in [2.05, 4.69) is 49.6 Å². The molecule has 0 bridgehead atoms. The predicted molar refractivity (Wildman–Crippen MR) is 84.0 cm³/mol. The molecule has 1 atom stereocenters. The summed E-state index contributed by atoms with van der Waals surface area (Å²) >= 11 is 0. The number of aryl methyl sites for hydroxylation is 2. The molecule has 2 N–H and O–H groups in total. The van der Waals surface area contributed by atoms with E-state index in [1.54, 1.807) is 0 Å². The summed E-state index contributed by atoms with van der Waals surface area (Å²) in [4.78, 5) is 12.8. The van der Waals surface area contributed by atoms with E-state index in [4.69, 9.17) is 0 Å². The maximum Gasteiger partial charge on any atom is 0.231 e. The molecule has 0 saturated carbocycles. The highest BCUT2D eigenvalue weighted by molar-refractivity contribution is 5.97. The number of nitrogens with one attached hydrogen (secondary N) is 2. The van der Waals surface area contributed by atoms with Crippen molar-refractivity contribution < 1.29 is 4.79 Å². The Balaban J connectivity index is 2.27. The lowest BCUT2D eigenvalue weighted by Crippen LogP contribution is -2.38. The van der Waals surface area contributed by atoms with E-state index in [0.29, 0.717) is 0 Å². The Morgan fingerprint density at radius 2 is 1.90 bits per heavy atom. The summed E-state index contributed by atoms with van der Waals surface area (Å²) in [5.41, 5.74) is 3.28. The van der Waals surface area contributed by atoms with E-state index in [1.165, 1.54) is 11.1 Å². The molecule has 2 rings (SSSR count). The zero-order valence-electron chi connectivity index (χ0n) is 12.9. The van der Waals surface area contributed by atoms with E-state index in [1.807, 2.05) is 0 Å². The largest absolute Gasteiger partial charge is 0.325 e. The lowest BCUT2D eigenvalue weighted by molar-refractivity contribution is -0.124. The number of carbonyl (C=O) groups excluding carboxylic acids is 1. The molecule has 0 radical (unpaired) electrons. The van der Waals surface area contributed by atoms with Crippen molar-refractivity contribution in [1.29, 1.82) is 0 Å². The van der Waals surface area contributed by atoms with Gasteiger partial charge in [-0.15, -0.1) is 0 Å². The van der Waals surface area contributed by atoms with Crippen LogP contribution in [0.15, 0.2) is 18.2 Å². The smallest absolute Gasteiger partial charge is 0.231 e. The van der Waals surface area contributed by atoms with E-state index >= 15 is 0 Å². The molecule has 1 unspecified atom stereocenters. The fourth-order valence-electron chi connectivity index (χ4n) is 3.05. The number of para-hydroxylation sites is 1. The molecule has 1 fully saturated rings. The first-order valence-electron chi connectivity index (χ1n) is 7.79. The fraction of sp³-hybridized carbons (Fsp3) is 0.588. The maximum atomic E-state index is 12.8. The average molecular weight is 274 g/mol. The van der Waals surface area contributed by atoms with Gasteiger partial charge < -0.3 is 10.6 Å². The molecule has 110 valence electrons. The van der Waals surface area contributed by atoms with E-state index in [9.17, 15) is 4.79 Å². The van der Waals surface area contributed by atoms with Gasteiger partial charge in [0.15, 0.2) is 0 Å². The molecule has 0 aromatic heterocycles. The van der Waals surface area contributed by atoms with Gasteiger partial charge in [-0.3, -0.25) is 4.79 Å². The van der Waals surface area contributed by atoms with E-state index in [-0.39, 0.29) is 11.3 Å². The predicted octanol–water partition coefficient (Wildman–Crippen LogP) is 3.14. The molecule has 1 amide bonds. The van der Waals surface area contributed by atoms with Crippen molar-refractivity contribution in [2.24, 2.45) is 5.41 Å². The van der Waals surface area contributed by atoms with Gasteiger partial charge in [0.1, 0.15) is 0 Å². The van der Waals surface area contributed by atoms with Crippen LogP contribution in [0.4, 0.5) is 5.69 Å². The highest BCUT2D eigenvalue weighted by Crippen LogP contribution is 2.32. The van der Waals surface area contributed by atoms with Gasteiger partial charge in [0.25, 0.3) is 0 Å². The van der Waals surface area contributed by atoms with Crippen molar-refractivity contribution in [1.82, 2.24) is 5.32 Å². The zero-order valence-corrected chi connectivity index (χ0v) is 12.9. The molecule has 1 aromatic carbocycles. The molecule has 1 heterocycles. The van der Waals surface area contributed by atoms with Gasteiger partial charge in [0, 0.05) is 12.2 Å². The molecule has 3 nitrogen and oxygen atoms in total. The van der Waals surface area contributed by atoms with Crippen molar-refractivity contribution >= 4 is 11.6 Å². The number of amides is 1. The van der Waals surface area contributed by atoms with Crippen LogP contribution in [0.5, 0.6) is 0 Å². The molecule has 0 spiro atoms. The fourth-order valence-corrected chi connectivity index (χ4v) is 3.05. The van der Waals surface area contributed by atoms with Gasteiger partial charge in [-0.25, -0.2) is 0 Å². The Morgan fingerprint density at radius 1 is 1.25 bits per heavy atom. The second-order valence-electron chi connectivity index (χ2n) is 5.67. The van der Waals surface area contributed by atoms with Crippen LogP contribution in [0, 0.1) is 5.41 Å². The number of anilines is 1.